The number of anilines is 2. The fraction of sp³-hybridized carbons (Fsp3) is 0.303. The number of fused-ring (bicyclic) bond motifs is 5. The smallest absolute Gasteiger partial charge is 0.283 e. The third kappa shape index (κ3) is 4.71. The molecule has 0 saturated carbocycles. The SMILES string of the molecule is C=CC(=O)N1CCN2c3c(c(=O)n(-c4c(C)ccnc4C(C)C)c4nc(-c5c(O)cccc5F)c(F)cc34)N(C)C(=O)C[C@H]2C1. The highest BCUT2D eigenvalue weighted by Gasteiger charge is 2.40. The van der Waals surface area contributed by atoms with E-state index in [4.69, 9.17) is 0 Å². The Labute approximate surface area is 257 Å². The summed E-state index contributed by atoms with van der Waals surface area (Å²) in [4.78, 5) is 54.8. The van der Waals surface area contributed by atoms with Crippen molar-refractivity contribution >= 4 is 34.2 Å². The van der Waals surface area contributed by atoms with E-state index in [0.29, 0.717) is 22.6 Å². The van der Waals surface area contributed by atoms with Crippen LogP contribution in [0.5, 0.6) is 5.75 Å². The van der Waals surface area contributed by atoms with Gasteiger partial charge >= 0.3 is 0 Å². The van der Waals surface area contributed by atoms with Crippen LogP contribution in [0.15, 0.2) is 54.0 Å². The van der Waals surface area contributed by atoms with Crippen molar-refractivity contribution in [2.45, 2.75) is 39.2 Å². The lowest BCUT2D eigenvalue weighted by Crippen LogP contribution is -2.55. The van der Waals surface area contributed by atoms with Crippen molar-refractivity contribution < 1.29 is 23.5 Å². The predicted molar refractivity (Wildman–Crippen MR) is 167 cm³/mol. The number of phenolic OH excluding ortho intramolecular Hbond substituents is 1. The van der Waals surface area contributed by atoms with Gasteiger partial charge in [0.25, 0.3) is 5.56 Å². The van der Waals surface area contributed by atoms with Gasteiger partial charge in [0.05, 0.1) is 28.7 Å². The fourth-order valence-corrected chi connectivity index (χ4v) is 6.38. The second kappa shape index (κ2) is 11.1. The van der Waals surface area contributed by atoms with E-state index in [1.807, 2.05) is 18.7 Å². The molecule has 3 aromatic heterocycles. The minimum Gasteiger partial charge on any atom is -0.507 e. The molecule has 1 saturated heterocycles. The highest BCUT2D eigenvalue weighted by Crippen LogP contribution is 2.42. The third-order valence-electron chi connectivity index (χ3n) is 8.58. The first kappa shape index (κ1) is 29.9. The van der Waals surface area contributed by atoms with Crippen LogP contribution < -0.4 is 15.4 Å². The summed E-state index contributed by atoms with van der Waals surface area (Å²) in [6.07, 6.45) is 2.84. The van der Waals surface area contributed by atoms with Crippen LogP contribution in [0.1, 0.15) is 37.4 Å². The van der Waals surface area contributed by atoms with Gasteiger partial charge in [0, 0.05) is 44.7 Å². The number of nitrogens with zero attached hydrogens (tertiary/aromatic N) is 6. The van der Waals surface area contributed by atoms with E-state index < -0.39 is 40.2 Å². The molecule has 10 nitrogen and oxygen atoms in total. The molecule has 2 aliphatic heterocycles. The lowest BCUT2D eigenvalue weighted by Gasteiger charge is -2.42. The van der Waals surface area contributed by atoms with Gasteiger partial charge in [-0.15, -0.1) is 0 Å². The number of amides is 2. The number of piperazine rings is 1. The number of pyridine rings is 3. The van der Waals surface area contributed by atoms with E-state index in [1.54, 1.807) is 24.1 Å². The molecule has 0 spiro atoms. The first-order valence-electron chi connectivity index (χ1n) is 14.6. The van der Waals surface area contributed by atoms with Crippen LogP contribution in [0, 0.1) is 18.6 Å². The summed E-state index contributed by atoms with van der Waals surface area (Å²) in [5.41, 5.74) is 0.456. The van der Waals surface area contributed by atoms with E-state index >= 15 is 8.78 Å². The Morgan fingerprint density at radius 2 is 1.87 bits per heavy atom. The third-order valence-corrected chi connectivity index (χ3v) is 8.58. The molecular formula is C33H32F2N6O4. The van der Waals surface area contributed by atoms with Gasteiger partial charge in [0.15, 0.2) is 11.5 Å². The fourth-order valence-electron chi connectivity index (χ4n) is 6.38. The van der Waals surface area contributed by atoms with E-state index in [2.05, 4.69) is 16.5 Å². The minimum atomic E-state index is -0.933. The number of aromatic nitrogens is 3. The molecule has 2 amide bonds. The average Bonchev–Trinajstić information content (AvgIpc) is 3.11. The molecule has 0 aliphatic carbocycles. The second-order valence-electron chi connectivity index (χ2n) is 11.7. The average molecular weight is 615 g/mol. The highest BCUT2D eigenvalue weighted by molar-refractivity contribution is 6.07. The normalized spacial score (nSPS) is 16.6. The Morgan fingerprint density at radius 1 is 1.11 bits per heavy atom. The molecule has 45 heavy (non-hydrogen) atoms. The van der Waals surface area contributed by atoms with Crippen LogP contribution in [-0.4, -0.2) is 69.1 Å². The Kier molecular flexibility index (Phi) is 7.38. The molecule has 0 bridgehead atoms. The molecule has 1 atom stereocenters. The van der Waals surface area contributed by atoms with Crippen LogP contribution in [0.3, 0.4) is 0 Å². The van der Waals surface area contributed by atoms with Crippen LogP contribution >= 0.6 is 0 Å². The number of aromatic hydroxyl groups is 1. The standard InChI is InChI=1S/C33H32F2N6O4/c1-6-24(43)39-12-13-40-19(16-39)14-25(44)38(5)31-30(40)20-15-22(35)28(26-21(34)8-7-9-23(26)42)37-32(20)41(33(31)45)29-18(4)10-11-36-27(29)17(2)3/h6-11,15,17,19,42H,1,12-14,16H2,2-5H3/t19-/m0/s1. The first-order valence-corrected chi connectivity index (χ1v) is 14.6. The van der Waals surface area contributed by atoms with Crippen molar-refractivity contribution in [1.82, 2.24) is 19.4 Å². The zero-order chi connectivity index (χ0) is 32.3. The number of halogens is 2. The van der Waals surface area contributed by atoms with Gasteiger partial charge in [-0.05, 0) is 48.7 Å². The monoisotopic (exact) mass is 614 g/mol. The zero-order valence-electron chi connectivity index (χ0n) is 25.3. The summed E-state index contributed by atoms with van der Waals surface area (Å²) in [7, 11) is 1.50. The van der Waals surface area contributed by atoms with E-state index in [9.17, 15) is 19.5 Å². The van der Waals surface area contributed by atoms with E-state index in [-0.39, 0.29) is 60.5 Å². The first-order chi connectivity index (χ1) is 21.4. The van der Waals surface area contributed by atoms with Crippen LogP contribution in [0.2, 0.25) is 0 Å². The van der Waals surface area contributed by atoms with Crippen LogP contribution in [0.4, 0.5) is 20.2 Å². The Hall–Kier alpha value is -5.13. The van der Waals surface area contributed by atoms with Gasteiger partial charge in [-0.3, -0.25) is 23.9 Å². The summed E-state index contributed by atoms with van der Waals surface area (Å²) < 4.78 is 32.6. The van der Waals surface area contributed by atoms with Gasteiger partial charge in [-0.1, -0.05) is 26.5 Å². The Balaban J connectivity index is 1.76. The van der Waals surface area contributed by atoms with Gasteiger partial charge in [0.1, 0.15) is 22.9 Å². The van der Waals surface area contributed by atoms with Crippen molar-refractivity contribution in [1.29, 1.82) is 0 Å². The summed E-state index contributed by atoms with van der Waals surface area (Å²) in [6.45, 7) is 9.92. The van der Waals surface area contributed by atoms with Crippen molar-refractivity contribution in [3.05, 3.63) is 82.4 Å². The highest BCUT2D eigenvalue weighted by atomic mass is 19.1. The minimum absolute atomic E-state index is 0.00176. The van der Waals surface area contributed by atoms with Gasteiger partial charge in [-0.25, -0.2) is 13.8 Å². The van der Waals surface area contributed by atoms with Crippen molar-refractivity contribution in [3.63, 3.8) is 0 Å². The molecule has 1 N–H and O–H groups in total. The van der Waals surface area contributed by atoms with Crippen LogP contribution in [-0.2, 0) is 9.59 Å². The molecule has 1 aromatic carbocycles. The molecule has 0 radical (unpaired) electrons. The molecular weight excluding hydrogens is 582 g/mol. The Bertz CT molecular complexity index is 1950. The lowest BCUT2D eigenvalue weighted by atomic mass is 10.0. The number of rotatable bonds is 4. The summed E-state index contributed by atoms with van der Waals surface area (Å²) >= 11 is 0. The largest absolute Gasteiger partial charge is 0.507 e. The molecule has 5 heterocycles. The van der Waals surface area contributed by atoms with E-state index in [0.717, 1.165) is 6.07 Å². The van der Waals surface area contributed by atoms with Gasteiger partial charge < -0.3 is 19.8 Å². The molecule has 0 unspecified atom stereocenters. The number of carbonyl (C=O) groups is 2. The molecule has 6 rings (SSSR count). The van der Waals surface area contributed by atoms with Crippen molar-refractivity contribution in [2.75, 3.05) is 36.5 Å². The van der Waals surface area contributed by atoms with Crippen LogP contribution in [0.25, 0.3) is 28.0 Å². The molecule has 4 aromatic rings. The van der Waals surface area contributed by atoms with E-state index in [1.165, 1.54) is 40.8 Å². The number of hydrogen-bond donors (Lipinski definition) is 1. The number of phenols is 1. The van der Waals surface area contributed by atoms with Crippen molar-refractivity contribution in [3.8, 4) is 22.7 Å². The Morgan fingerprint density at radius 3 is 2.56 bits per heavy atom. The molecule has 232 valence electrons. The maximum atomic E-state index is 16.2. The summed E-state index contributed by atoms with van der Waals surface area (Å²) in [6, 6.07) is 5.98. The maximum Gasteiger partial charge on any atom is 0.283 e. The summed E-state index contributed by atoms with van der Waals surface area (Å²) in [5, 5.41) is 10.8. The molecule has 2 aliphatic rings. The van der Waals surface area contributed by atoms with Gasteiger partial charge in [0.2, 0.25) is 11.8 Å². The zero-order valence-corrected chi connectivity index (χ0v) is 25.3. The number of aryl methyl sites for hydroxylation is 1. The molecule has 12 heteroatoms. The molecule has 1 fully saturated rings. The number of hydrogen-bond acceptors (Lipinski definition) is 7. The second-order valence-corrected chi connectivity index (χ2v) is 11.7. The number of carbonyl (C=O) groups excluding carboxylic acids is 2. The van der Waals surface area contributed by atoms with Gasteiger partial charge in [-0.2, -0.15) is 0 Å². The topological polar surface area (TPSA) is 112 Å². The lowest BCUT2D eigenvalue weighted by molar-refractivity contribution is -0.127. The van der Waals surface area contributed by atoms with Crippen molar-refractivity contribution in [2.24, 2.45) is 0 Å². The summed E-state index contributed by atoms with van der Waals surface area (Å²) in [5.74, 6) is -3.12. The maximum absolute atomic E-state index is 16.2. The predicted octanol–water partition coefficient (Wildman–Crippen LogP) is 4.43. The number of benzene rings is 1. The quantitative estimate of drug-likeness (QED) is 0.339.